The molecule has 0 aliphatic heterocycles. The second-order valence-electron chi connectivity index (χ2n) is 7.00. The highest BCUT2D eigenvalue weighted by Crippen LogP contribution is 2.32. The van der Waals surface area contributed by atoms with E-state index in [1.165, 1.54) is 35.6 Å². The fraction of sp³-hybridized carbons (Fsp3) is 0.227. The van der Waals surface area contributed by atoms with Gasteiger partial charge >= 0.3 is 0 Å². The van der Waals surface area contributed by atoms with Gasteiger partial charge in [0.25, 0.3) is 5.91 Å². The number of amides is 1. The van der Waals surface area contributed by atoms with Crippen LogP contribution in [0.2, 0.25) is 0 Å². The zero-order chi connectivity index (χ0) is 22.9. The number of aryl methyl sites for hydroxylation is 1. The summed E-state index contributed by atoms with van der Waals surface area (Å²) in [5.74, 6) is 0.797. The number of nitrogens with zero attached hydrogens (tertiary/aromatic N) is 3. The molecule has 10 heteroatoms. The minimum absolute atomic E-state index is 0.00415. The number of sulfone groups is 1. The van der Waals surface area contributed by atoms with Crippen molar-refractivity contribution < 1.29 is 17.9 Å². The number of aromatic nitrogens is 3. The molecule has 0 bridgehead atoms. The Balaban J connectivity index is 1.64. The maximum absolute atomic E-state index is 12.8. The lowest BCUT2D eigenvalue weighted by Gasteiger charge is -2.07. The molecular formula is C22H22N4O4S2. The quantitative estimate of drug-likeness (QED) is 0.433. The first-order valence-electron chi connectivity index (χ1n) is 10.1. The monoisotopic (exact) mass is 470 g/mol. The molecule has 1 amide bonds. The van der Waals surface area contributed by atoms with Gasteiger partial charge in [0, 0.05) is 11.6 Å². The van der Waals surface area contributed by atoms with Gasteiger partial charge in [-0.25, -0.2) is 13.4 Å². The molecule has 0 saturated heterocycles. The molecule has 0 aliphatic carbocycles. The summed E-state index contributed by atoms with van der Waals surface area (Å²) in [5.41, 5.74) is 1.80. The first-order valence-corrected chi connectivity index (χ1v) is 12.5. The van der Waals surface area contributed by atoms with Crippen molar-refractivity contribution >= 4 is 43.1 Å². The lowest BCUT2D eigenvalue weighted by atomic mass is 10.2. The third kappa shape index (κ3) is 4.23. The summed E-state index contributed by atoms with van der Waals surface area (Å²) in [6, 6.07) is 13.4. The summed E-state index contributed by atoms with van der Waals surface area (Å²) in [6.45, 7) is 5.86. The van der Waals surface area contributed by atoms with Gasteiger partial charge in [-0.15, -0.1) is 0 Å². The highest BCUT2D eigenvalue weighted by molar-refractivity contribution is 7.91. The van der Waals surface area contributed by atoms with Crippen molar-refractivity contribution in [2.45, 2.75) is 25.7 Å². The summed E-state index contributed by atoms with van der Waals surface area (Å²) in [5, 5.41) is 7.93. The Kier molecular flexibility index (Phi) is 5.98. The standard InChI is InChI=1S/C22H22N4O4S2/c1-4-30-17-7-6-8-18-20(17)24-22(31-18)26-19(13-14(3)25-26)23-21(27)15-9-11-16(12-10-15)32(28,29)5-2/h6-13H,4-5H2,1-3H3,(H,23,27). The number of carbonyl (C=O) groups is 1. The van der Waals surface area contributed by atoms with Gasteiger partial charge in [0.1, 0.15) is 17.1 Å². The first kappa shape index (κ1) is 22.0. The van der Waals surface area contributed by atoms with E-state index < -0.39 is 9.84 Å². The van der Waals surface area contributed by atoms with Gasteiger partial charge in [0.15, 0.2) is 9.84 Å². The van der Waals surface area contributed by atoms with Gasteiger partial charge in [-0.3, -0.25) is 4.79 Å². The number of nitrogens with one attached hydrogen (secondary N) is 1. The van der Waals surface area contributed by atoms with Gasteiger partial charge in [-0.2, -0.15) is 9.78 Å². The molecule has 0 unspecified atom stereocenters. The van der Waals surface area contributed by atoms with Crippen molar-refractivity contribution in [2.24, 2.45) is 0 Å². The van der Waals surface area contributed by atoms with Crippen LogP contribution in [0.25, 0.3) is 15.3 Å². The number of anilines is 1. The highest BCUT2D eigenvalue weighted by atomic mass is 32.2. The minimum atomic E-state index is -3.32. The van der Waals surface area contributed by atoms with E-state index in [0.29, 0.717) is 34.6 Å². The van der Waals surface area contributed by atoms with Gasteiger partial charge < -0.3 is 10.1 Å². The Bertz CT molecular complexity index is 1390. The molecule has 8 nitrogen and oxygen atoms in total. The molecule has 2 aromatic carbocycles. The molecule has 32 heavy (non-hydrogen) atoms. The highest BCUT2D eigenvalue weighted by Gasteiger charge is 2.18. The fourth-order valence-corrected chi connectivity index (χ4v) is 5.01. The summed E-state index contributed by atoms with van der Waals surface area (Å²) in [4.78, 5) is 17.7. The van der Waals surface area contributed by atoms with E-state index in [-0.39, 0.29) is 16.6 Å². The normalized spacial score (nSPS) is 11.6. The van der Waals surface area contributed by atoms with Crippen LogP contribution in [-0.2, 0) is 9.84 Å². The zero-order valence-corrected chi connectivity index (χ0v) is 19.5. The molecule has 4 aromatic rings. The van der Waals surface area contributed by atoms with E-state index in [1.54, 1.807) is 17.7 Å². The SMILES string of the molecule is CCOc1cccc2sc(-n3nc(C)cc3NC(=O)c3ccc(S(=O)(=O)CC)cc3)nc12. The molecule has 0 atom stereocenters. The topological polar surface area (TPSA) is 103 Å². The molecule has 0 fully saturated rings. The van der Waals surface area contributed by atoms with Crippen LogP contribution in [-0.4, -0.2) is 41.4 Å². The van der Waals surface area contributed by atoms with E-state index in [0.717, 1.165) is 10.2 Å². The van der Waals surface area contributed by atoms with Crippen molar-refractivity contribution in [3.63, 3.8) is 0 Å². The van der Waals surface area contributed by atoms with E-state index in [2.05, 4.69) is 15.4 Å². The van der Waals surface area contributed by atoms with Crippen molar-refractivity contribution in [1.82, 2.24) is 14.8 Å². The Morgan fingerprint density at radius 2 is 1.91 bits per heavy atom. The van der Waals surface area contributed by atoms with E-state index in [4.69, 9.17) is 4.74 Å². The average Bonchev–Trinajstić information content (AvgIpc) is 3.37. The van der Waals surface area contributed by atoms with Crippen LogP contribution in [0.4, 0.5) is 5.82 Å². The van der Waals surface area contributed by atoms with Crippen molar-refractivity contribution in [2.75, 3.05) is 17.7 Å². The van der Waals surface area contributed by atoms with Gasteiger partial charge in [0.2, 0.25) is 5.13 Å². The number of para-hydroxylation sites is 1. The summed E-state index contributed by atoms with van der Waals surface area (Å²) >= 11 is 1.44. The van der Waals surface area contributed by atoms with Gasteiger partial charge in [0.05, 0.1) is 27.6 Å². The Morgan fingerprint density at radius 3 is 2.59 bits per heavy atom. The predicted molar refractivity (Wildman–Crippen MR) is 125 cm³/mol. The summed E-state index contributed by atoms with van der Waals surface area (Å²) in [6.07, 6.45) is 0. The molecule has 2 aromatic heterocycles. The number of thiazole rings is 1. The lowest BCUT2D eigenvalue weighted by molar-refractivity contribution is 0.102. The number of ether oxygens (including phenoxy) is 1. The first-order chi connectivity index (χ1) is 15.3. The number of benzene rings is 2. The molecule has 0 spiro atoms. The predicted octanol–water partition coefficient (Wildman–Crippen LogP) is 4.24. The molecule has 4 rings (SSSR count). The lowest BCUT2D eigenvalue weighted by Crippen LogP contribution is -2.15. The van der Waals surface area contributed by atoms with Gasteiger partial charge in [-0.05, 0) is 50.2 Å². The van der Waals surface area contributed by atoms with Crippen LogP contribution < -0.4 is 10.1 Å². The van der Waals surface area contributed by atoms with Crippen LogP contribution >= 0.6 is 11.3 Å². The average molecular weight is 471 g/mol. The number of carbonyl (C=O) groups excluding carboxylic acids is 1. The number of fused-ring (bicyclic) bond motifs is 1. The molecule has 2 heterocycles. The molecule has 0 radical (unpaired) electrons. The summed E-state index contributed by atoms with van der Waals surface area (Å²) in [7, 11) is -3.32. The summed E-state index contributed by atoms with van der Waals surface area (Å²) < 4.78 is 32.2. The van der Waals surface area contributed by atoms with Crippen LogP contribution in [0.3, 0.4) is 0 Å². The largest absolute Gasteiger partial charge is 0.492 e. The number of rotatable bonds is 7. The number of hydrogen-bond acceptors (Lipinski definition) is 7. The van der Waals surface area contributed by atoms with Crippen LogP contribution in [0.1, 0.15) is 29.9 Å². The zero-order valence-electron chi connectivity index (χ0n) is 17.8. The fourth-order valence-electron chi connectivity index (χ4n) is 3.18. The van der Waals surface area contributed by atoms with Crippen molar-refractivity contribution in [1.29, 1.82) is 0 Å². The maximum atomic E-state index is 12.8. The van der Waals surface area contributed by atoms with Gasteiger partial charge in [-0.1, -0.05) is 24.3 Å². The number of hydrogen-bond donors (Lipinski definition) is 1. The Hall–Kier alpha value is -3.24. The van der Waals surface area contributed by atoms with Crippen LogP contribution in [0, 0.1) is 6.92 Å². The molecule has 0 aliphatic rings. The third-order valence-electron chi connectivity index (χ3n) is 4.78. The Morgan fingerprint density at radius 1 is 1.16 bits per heavy atom. The van der Waals surface area contributed by atoms with E-state index in [1.807, 2.05) is 32.0 Å². The van der Waals surface area contributed by atoms with Crippen molar-refractivity contribution in [3.8, 4) is 10.9 Å². The van der Waals surface area contributed by atoms with Crippen LogP contribution in [0.5, 0.6) is 5.75 Å². The molecule has 1 N–H and O–H groups in total. The minimum Gasteiger partial charge on any atom is -0.492 e. The molecular weight excluding hydrogens is 448 g/mol. The second kappa shape index (κ2) is 8.71. The van der Waals surface area contributed by atoms with E-state index in [9.17, 15) is 13.2 Å². The van der Waals surface area contributed by atoms with Crippen LogP contribution in [0.15, 0.2) is 53.4 Å². The maximum Gasteiger partial charge on any atom is 0.256 e. The van der Waals surface area contributed by atoms with Crippen molar-refractivity contribution in [3.05, 3.63) is 59.8 Å². The smallest absolute Gasteiger partial charge is 0.256 e. The molecule has 166 valence electrons. The Labute approximate surface area is 189 Å². The third-order valence-corrected chi connectivity index (χ3v) is 7.53. The molecule has 0 saturated carbocycles. The second-order valence-corrected chi connectivity index (χ2v) is 10.3. The van der Waals surface area contributed by atoms with E-state index >= 15 is 0 Å².